The molecule has 2 heterocycles. The summed E-state index contributed by atoms with van der Waals surface area (Å²) < 4.78 is 2.00. The summed E-state index contributed by atoms with van der Waals surface area (Å²) in [6, 6.07) is 8.77. The van der Waals surface area contributed by atoms with Crippen molar-refractivity contribution in [3.8, 4) is 0 Å². The van der Waals surface area contributed by atoms with Gasteiger partial charge in [0, 0.05) is 30.9 Å². The Hall–Kier alpha value is -1.65. The summed E-state index contributed by atoms with van der Waals surface area (Å²) in [5.74, 6) is 0. The molecule has 4 heteroatoms. The number of rotatable bonds is 4. The number of aliphatic hydroxyl groups excluding tert-OH is 1. The molecule has 2 aromatic rings. The lowest BCUT2D eigenvalue weighted by Crippen LogP contribution is -2.23. The molecule has 1 aliphatic rings. The predicted molar refractivity (Wildman–Crippen MR) is 87.4 cm³/mol. The first-order valence-corrected chi connectivity index (χ1v) is 8.03. The van der Waals surface area contributed by atoms with Crippen LogP contribution in [0, 0.1) is 13.8 Å². The SMILES string of the molecule is Cc1nn(C)c(C)c1C1CCCN1Cc1ccc(CO)cc1. The molecule has 1 unspecified atom stereocenters. The molecule has 0 radical (unpaired) electrons. The minimum absolute atomic E-state index is 0.112. The fourth-order valence-corrected chi connectivity index (χ4v) is 3.60. The van der Waals surface area contributed by atoms with Crippen molar-refractivity contribution in [1.29, 1.82) is 0 Å². The highest BCUT2D eigenvalue weighted by Crippen LogP contribution is 2.36. The smallest absolute Gasteiger partial charge is 0.0681 e. The van der Waals surface area contributed by atoms with Gasteiger partial charge in [-0.15, -0.1) is 0 Å². The Bertz CT molecular complexity index is 645. The molecule has 118 valence electrons. The van der Waals surface area contributed by atoms with Gasteiger partial charge < -0.3 is 5.11 Å². The molecule has 1 fully saturated rings. The van der Waals surface area contributed by atoms with E-state index in [1.54, 1.807) is 0 Å². The maximum atomic E-state index is 9.15. The van der Waals surface area contributed by atoms with E-state index >= 15 is 0 Å². The van der Waals surface area contributed by atoms with E-state index in [9.17, 15) is 0 Å². The number of nitrogens with zero attached hydrogens (tertiary/aromatic N) is 3. The van der Waals surface area contributed by atoms with E-state index in [0.717, 1.165) is 24.3 Å². The van der Waals surface area contributed by atoms with Crippen molar-refractivity contribution in [2.24, 2.45) is 7.05 Å². The van der Waals surface area contributed by atoms with Crippen molar-refractivity contribution in [1.82, 2.24) is 14.7 Å². The lowest BCUT2D eigenvalue weighted by atomic mass is 10.0. The van der Waals surface area contributed by atoms with Crippen LogP contribution in [0.3, 0.4) is 0 Å². The molecule has 3 rings (SSSR count). The molecule has 1 aromatic carbocycles. The second-order valence-electron chi connectivity index (χ2n) is 6.31. The minimum atomic E-state index is 0.112. The number of likely N-dealkylation sites (tertiary alicyclic amines) is 1. The Morgan fingerprint density at radius 1 is 1.18 bits per heavy atom. The fraction of sp³-hybridized carbons (Fsp3) is 0.500. The van der Waals surface area contributed by atoms with Gasteiger partial charge >= 0.3 is 0 Å². The maximum Gasteiger partial charge on any atom is 0.0681 e. The van der Waals surface area contributed by atoms with Crippen LogP contribution in [-0.2, 0) is 20.2 Å². The Morgan fingerprint density at radius 3 is 2.45 bits per heavy atom. The predicted octanol–water partition coefficient (Wildman–Crippen LogP) is 2.87. The first kappa shape index (κ1) is 15.3. The summed E-state index contributed by atoms with van der Waals surface area (Å²) in [6.07, 6.45) is 2.45. The largest absolute Gasteiger partial charge is 0.392 e. The zero-order chi connectivity index (χ0) is 15.7. The van der Waals surface area contributed by atoms with Gasteiger partial charge in [0.05, 0.1) is 12.3 Å². The van der Waals surface area contributed by atoms with E-state index in [1.807, 2.05) is 23.9 Å². The molecule has 1 saturated heterocycles. The molecule has 22 heavy (non-hydrogen) atoms. The first-order valence-electron chi connectivity index (χ1n) is 8.03. The minimum Gasteiger partial charge on any atom is -0.392 e. The van der Waals surface area contributed by atoms with Crippen LogP contribution in [-0.4, -0.2) is 26.3 Å². The molecule has 1 aromatic heterocycles. The average molecular weight is 299 g/mol. The monoisotopic (exact) mass is 299 g/mol. The van der Waals surface area contributed by atoms with E-state index < -0.39 is 0 Å². The molecular formula is C18H25N3O. The van der Waals surface area contributed by atoms with Crippen molar-refractivity contribution in [2.75, 3.05) is 6.54 Å². The number of hydrogen-bond donors (Lipinski definition) is 1. The van der Waals surface area contributed by atoms with E-state index in [-0.39, 0.29) is 6.61 Å². The normalized spacial score (nSPS) is 19.0. The topological polar surface area (TPSA) is 41.3 Å². The average Bonchev–Trinajstić information content (AvgIpc) is 3.05. The van der Waals surface area contributed by atoms with Crippen LogP contribution < -0.4 is 0 Å². The lowest BCUT2D eigenvalue weighted by molar-refractivity contribution is 0.247. The molecule has 4 nitrogen and oxygen atoms in total. The molecule has 0 amide bonds. The summed E-state index contributed by atoms with van der Waals surface area (Å²) in [4.78, 5) is 2.56. The number of aliphatic hydroxyl groups is 1. The van der Waals surface area contributed by atoms with Crippen molar-refractivity contribution < 1.29 is 5.11 Å². The van der Waals surface area contributed by atoms with E-state index in [4.69, 9.17) is 5.11 Å². The number of benzene rings is 1. The van der Waals surface area contributed by atoms with Crippen LogP contribution in [0.15, 0.2) is 24.3 Å². The summed E-state index contributed by atoms with van der Waals surface area (Å²) in [5.41, 5.74) is 6.13. The molecule has 0 bridgehead atoms. The van der Waals surface area contributed by atoms with Crippen molar-refractivity contribution in [3.05, 3.63) is 52.3 Å². The Kier molecular flexibility index (Phi) is 4.32. The van der Waals surface area contributed by atoms with Gasteiger partial charge in [-0.25, -0.2) is 0 Å². The van der Waals surface area contributed by atoms with Gasteiger partial charge in [-0.2, -0.15) is 5.10 Å². The number of aryl methyl sites for hydroxylation is 2. The van der Waals surface area contributed by atoms with Crippen molar-refractivity contribution >= 4 is 0 Å². The van der Waals surface area contributed by atoms with Crippen LogP contribution in [0.1, 0.15) is 47.0 Å². The van der Waals surface area contributed by atoms with Crippen molar-refractivity contribution in [2.45, 2.75) is 45.9 Å². The van der Waals surface area contributed by atoms with Crippen LogP contribution in [0.4, 0.5) is 0 Å². The Labute approximate surface area is 132 Å². The quantitative estimate of drug-likeness (QED) is 0.944. The van der Waals surface area contributed by atoms with E-state index in [2.05, 4.69) is 36.0 Å². The highest BCUT2D eigenvalue weighted by Gasteiger charge is 2.30. The maximum absolute atomic E-state index is 9.15. The fourth-order valence-electron chi connectivity index (χ4n) is 3.60. The van der Waals surface area contributed by atoms with Gasteiger partial charge in [0.15, 0.2) is 0 Å². The zero-order valence-corrected chi connectivity index (χ0v) is 13.7. The lowest BCUT2D eigenvalue weighted by Gasteiger charge is -2.25. The Balaban J connectivity index is 1.80. The van der Waals surface area contributed by atoms with Crippen LogP contribution in [0.2, 0.25) is 0 Å². The van der Waals surface area contributed by atoms with Crippen LogP contribution in [0.5, 0.6) is 0 Å². The highest BCUT2D eigenvalue weighted by atomic mass is 16.3. The van der Waals surface area contributed by atoms with Gasteiger partial charge in [0.25, 0.3) is 0 Å². The van der Waals surface area contributed by atoms with Crippen molar-refractivity contribution in [3.63, 3.8) is 0 Å². The molecule has 0 spiro atoms. The van der Waals surface area contributed by atoms with Gasteiger partial charge in [0.1, 0.15) is 0 Å². The summed E-state index contributed by atoms with van der Waals surface area (Å²) in [5, 5.41) is 13.7. The first-order chi connectivity index (χ1) is 10.6. The third-order valence-corrected chi connectivity index (χ3v) is 4.85. The Morgan fingerprint density at radius 2 is 1.86 bits per heavy atom. The van der Waals surface area contributed by atoms with Crippen LogP contribution >= 0.6 is 0 Å². The number of aromatic nitrogens is 2. The summed E-state index contributed by atoms with van der Waals surface area (Å²) in [6.45, 7) is 6.50. The van der Waals surface area contributed by atoms with Gasteiger partial charge in [-0.05, 0) is 44.4 Å². The zero-order valence-electron chi connectivity index (χ0n) is 13.7. The summed E-state index contributed by atoms with van der Waals surface area (Å²) in [7, 11) is 2.03. The molecule has 1 N–H and O–H groups in total. The highest BCUT2D eigenvalue weighted by molar-refractivity contribution is 5.30. The van der Waals surface area contributed by atoms with E-state index in [1.165, 1.54) is 29.7 Å². The third kappa shape index (κ3) is 2.81. The van der Waals surface area contributed by atoms with Gasteiger partial charge in [0.2, 0.25) is 0 Å². The van der Waals surface area contributed by atoms with Crippen LogP contribution in [0.25, 0.3) is 0 Å². The number of hydrogen-bond acceptors (Lipinski definition) is 3. The molecule has 1 atom stereocenters. The van der Waals surface area contributed by atoms with E-state index in [0.29, 0.717) is 6.04 Å². The second kappa shape index (κ2) is 6.23. The standard InChI is InChI=1S/C18H25N3O/c1-13-18(14(2)20(3)19-13)17-5-4-10-21(17)11-15-6-8-16(12-22)9-7-15/h6-9,17,22H,4-5,10-12H2,1-3H3. The molecular weight excluding hydrogens is 274 g/mol. The molecule has 1 aliphatic heterocycles. The third-order valence-electron chi connectivity index (χ3n) is 4.85. The molecule has 0 saturated carbocycles. The summed E-state index contributed by atoms with van der Waals surface area (Å²) >= 11 is 0. The van der Waals surface area contributed by atoms with Gasteiger partial charge in [-0.3, -0.25) is 9.58 Å². The van der Waals surface area contributed by atoms with Gasteiger partial charge in [-0.1, -0.05) is 24.3 Å². The second-order valence-corrected chi connectivity index (χ2v) is 6.31. The molecule has 0 aliphatic carbocycles.